The molecule has 2 aromatic heterocycles. The summed E-state index contributed by atoms with van der Waals surface area (Å²) in [5.41, 5.74) is 6.28. The molecule has 0 aliphatic heterocycles. The number of halogens is 1. The zero-order chi connectivity index (χ0) is 20.5. The van der Waals surface area contributed by atoms with Gasteiger partial charge in [-0.25, -0.2) is 18.4 Å². The maximum atomic E-state index is 12.6. The average molecular weight is 421 g/mol. The number of nitrogens with two attached hydrogens (primary N) is 1. The van der Waals surface area contributed by atoms with Crippen molar-refractivity contribution in [2.24, 2.45) is 0 Å². The molecule has 1 amide bonds. The van der Waals surface area contributed by atoms with Crippen LogP contribution in [0.1, 0.15) is 29.1 Å². The number of amides is 1. The molecule has 3 rings (SSSR count). The smallest absolute Gasteiger partial charge is 0.251 e. The molecular weight excluding hydrogens is 404 g/mol. The van der Waals surface area contributed by atoms with Gasteiger partial charge in [-0.05, 0) is 37.3 Å². The molecule has 2 heterocycles. The second kappa shape index (κ2) is 7.56. The van der Waals surface area contributed by atoms with E-state index in [0.29, 0.717) is 17.3 Å². The molecule has 146 valence electrons. The average Bonchev–Trinajstić information content (AvgIpc) is 3.11. The van der Waals surface area contributed by atoms with Gasteiger partial charge in [0.2, 0.25) is 0 Å². The van der Waals surface area contributed by atoms with Gasteiger partial charge < -0.3 is 11.1 Å². The van der Waals surface area contributed by atoms with Crippen LogP contribution in [0.2, 0.25) is 5.02 Å². The fraction of sp³-hybridized carbons (Fsp3) is 0.176. The topological polar surface area (TPSA) is 133 Å². The first-order chi connectivity index (χ1) is 13.1. The van der Waals surface area contributed by atoms with Gasteiger partial charge >= 0.3 is 0 Å². The van der Waals surface area contributed by atoms with Crippen molar-refractivity contribution in [2.75, 3.05) is 12.0 Å². The van der Waals surface area contributed by atoms with Crippen molar-refractivity contribution in [1.82, 2.24) is 25.1 Å². The molecule has 1 atom stereocenters. The lowest BCUT2D eigenvalue weighted by Crippen LogP contribution is -2.29. The molecule has 0 radical (unpaired) electrons. The van der Waals surface area contributed by atoms with Gasteiger partial charge in [0.25, 0.3) is 5.91 Å². The van der Waals surface area contributed by atoms with Gasteiger partial charge in [0.05, 0.1) is 22.8 Å². The van der Waals surface area contributed by atoms with E-state index in [0.717, 1.165) is 6.26 Å². The first-order valence-corrected chi connectivity index (χ1v) is 10.4. The van der Waals surface area contributed by atoms with Crippen LogP contribution in [0, 0.1) is 0 Å². The summed E-state index contributed by atoms with van der Waals surface area (Å²) in [5, 5.41) is 7.03. The second-order valence-corrected chi connectivity index (χ2v) is 8.57. The van der Waals surface area contributed by atoms with E-state index >= 15 is 0 Å². The molecule has 0 bridgehead atoms. The molecule has 0 aliphatic rings. The van der Waals surface area contributed by atoms with Crippen molar-refractivity contribution in [3.05, 3.63) is 59.3 Å². The number of pyridine rings is 1. The number of nitrogens with one attached hydrogen (secondary N) is 1. The molecule has 0 spiro atoms. The normalized spacial score (nSPS) is 12.5. The SMILES string of the molecule is CC(NC(=O)c1cc(Cl)cc(S(C)(=O)=O)c1)c1ncnn1-c1ccc(N)cn1. The molecule has 1 unspecified atom stereocenters. The van der Waals surface area contributed by atoms with E-state index in [1.165, 1.54) is 35.4 Å². The number of nitrogens with zero attached hydrogens (tertiary/aromatic N) is 4. The van der Waals surface area contributed by atoms with E-state index in [4.69, 9.17) is 17.3 Å². The van der Waals surface area contributed by atoms with E-state index in [1.807, 2.05) is 0 Å². The molecule has 0 aliphatic carbocycles. The minimum Gasteiger partial charge on any atom is -0.397 e. The second-order valence-electron chi connectivity index (χ2n) is 6.12. The van der Waals surface area contributed by atoms with Crippen molar-refractivity contribution in [1.29, 1.82) is 0 Å². The standard InChI is InChI=1S/C17H17ClN6O3S/c1-10(16-21-9-22-24(16)15-4-3-13(19)8-20-15)23-17(25)11-5-12(18)7-14(6-11)28(2,26)27/h3-10H,19H2,1-2H3,(H,23,25). The Kier molecular flexibility index (Phi) is 5.34. The third-order valence-corrected chi connectivity index (χ3v) is 5.17. The van der Waals surface area contributed by atoms with Crippen LogP contribution in [-0.2, 0) is 9.84 Å². The van der Waals surface area contributed by atoms with Crippen molar-refractivity contribution in [3.63, 3.8) is 0 Å². The molecule has 28 heavy (non-hydrogen) atoms. The number of sulfone groups is 1. The van der Waals surface area contributed by atoms with Crippen LogP contribution in [0.25, 0.3) is 5.82 Å². The number of benzene rings is 1. The molecule has 0 fully saturated rings. The van der Waals surface area contributed by atoms with Gasteiger partial charge in [-0.1, -0.05) is 11.6 Å². The molecule has 9 nitrogen and oxygen atoms in total. The molecule has 3 aromatic rings. The quantitative estimate of drug-likeness (QED) is 0.642. The van der Waals surface area contributed by atoms with E-state index < -0.39 is 21.8 Å². The van der Waals surface area contributed by atoms with E-state index in [-0.39, 0.29) is 15.5 Å². The summed E-state index contributed by atoms with van der Waals surface area (Å²) in [7, 11) is -3.51. The van der Waals surface area contributed by atoms with Gasteiger partial charge in [0, 0.05) is 16.8 Å². The highest BCUT2D eigenvalue weighted by molar-refractivity contribution is 7.90. The van der Waals surface area contributed by atoms with Gasteiger partial charge in [0.15, 0.2) is 21.5 Å². The van der Waals surface area contributed by atoms with E-state index in [9.17, 15) is 13.2 Å². The fourth-order valence-electron chi connectivity index (χ4n) is 2.50. The summed E-state index contributed by atoms with van der Waals surface area (Å²) in [6.45, 7) is 1.72. The number of rotatable bonds is 5. The summed E-state index contributed by atoms with van der Waals surface area (Å²) >= 11 is 5.96. The number of hydrogen-bond acceptors (Lipinski definition) is 7. The molecule has 11 heteroatoms. The summed E-state index contributed by atoms with van der Waals surface area (Å²) in [4.78, 5) is 21.0. The summed E-state index contributed by atoms with van der Waals surface area (Å²) in [5.74, 6) is 0.431. The van der Waals surface area contributed by atoms with Gasteiger partial charge in [0.1, 0.15) is 6.33 Å². The Hall–Kier alpha value is -2.98. The van der Waals surface area contributed by atoms with Gasteiger partial charge in [-0.15, -0.1) is 0 Å². The lowest BCUT2D eigenvalue weighted by molar-refractivity contribution is 0.0937. The number of nitrogen functional groups attached to an aromatic ring is 1. The molecule has 0 saturated carbocycles. The zero-order valence-corrected chi connectivity index (χ0v) is 16.6. The first-order valence-electron chi connectivity index (χ1n) is 8.08. The summed E-state index contributed by atoms with van der Waals surface area (Å²) in [6, 6.07) is 6.77. The van der Waals surface area contributed by atoms with Gasteiger partial charge in [-0.3, -0.25) is 4.79 Å². The number of hydrogen-bond donors (Lipinski definition) is 2. The predicted molar refractivity (Wildman–Crippen MR) is 104 cm³/mol. The largest absolute Gasteiger partial charge is 0.397 e. The lowest BCUT2D eigenvalue weighted by atomic mass is 10.2. The summed E-state index contributed by atoms with van der Waals surface area (Å²) < 4.78 is 25.0. The molecule has 0 saturated heterocycles. The minimum absolute atomic E-state index is 0.0351. The maximum Gasteiger partial charge on any atom is 0.251 e. The Morgan fingerprint density at radius 3 is 2.64 bits per heavy atom. The zero-order valence-electron chi connectivity index (χ0n) is 15.0. The van der Waals surface area contributed by atoms with E-state index in [2.05, 4.69) is 20.4 Å². The third-order valence-electron chi connectivity index (χ3n) is 3.86. The summed E-state index contributed by atoms with van der Waals surface area (Å²) in [6.07, 6.45) is 3.88. The van der Waals surface area contributed by atoms with Crippen LogP contribution < -0.4 is 11.1 Å². The Balaban J connectivity index is 1.86. The third kappa shape index (κ3) is 4.29. The number of carbonyl (C=O) groups is 1. The van der Waals surface area contributed by atoms with Crippen LogP contribution in [0.15, 0.2) is 47.8 Å². The highest BCUT2D eigenvalue weighted by Gasteiger charge is 2.20. The number of aromatic nitrogens is 4. The van der Waals surface area contributed by atoms with E-state index in [1.54, 1.807) is 19.1 Å². The molecule has 1 aromatic carbocycles. The Morgan fingerprint density at radius 1 is 1.25 bits per heavy atom. The highest BCUT2D eigenvalue weighted by Crippen LogP contribution is 2.20. The predicted octanol–water partition coefficient (Wildman–Crippen LogP) is 1.79. The number of carbonyl (C=O) groups excluding carboxylic acids is 1. The van der Waals surface area contributed by atoms with Crippen LogP contribution >= 0.6 is 11.6 Å². The van der Waals surface area contributed by atoms with Crippen LogP contribution in [0.3, 0.4) is 0 Å². The van der Waals surface area contributed by atoms with Crippen LogP contribution in [0.5, 0.6) is 0 Å². The van der Waals surface area contributed by atoms with Crippen LogP contribution in [-0.4, -0.2) is 40.3 Å². The van der Waals surface area contributed by atoms with Crippen LogP contribution in [0.4, 0.5) is 5.69 Å². The van der Waals surface area contributed by atoms with Crippen molar-refractivity contribution in [3.8, 4) is 5.82 Å². The van der Waals surface area contributed by atoms with Gasteiger partial charge in [-0.2, -0.15) is 9.78 Å². The fourth-order valence-corrected chi connectivity index (χ4v) is 3.48. The molecule has 3 N–H and O–H groups in total. The number of anilines is 1. The Labute approximate surface area is 166 Å². The molecular formula is C17H17ClN6O3S. The Morgan fingerprint density at radius 2 is 2.00 bits per heavy atom. The van der Waals surface area contributed by atoms with Crippen molar-refractivity contribution in [2.45, 2.75) is 17.9 Å². The first kappa shape index (κ1) is 19.8. The lowest BCUT2D eigenvalue weighted by Gasteiger charge is -2.15. The monoisotopic (exact) mass is 420 g/mol. The minimum atomic E-state index is -3.51. The van der Waals surface area contributed by atoms with Crippen molar-refractivity contribution >= 4 is 33.0 Å². The highest BCUT2D eigenvalue weighted by atomic mass is 35.5. The Bertz CT molecular complexity index is 1130. The van der Waals surface area contributed by atoms with Crippen molar-refractivity contribution < 1.29 is 13.2 Å². The maximum absolute atomic E-state index is 12.6.